The average Bonchev–Trinajstić information content (AvgIpc) is 3.17. The molecule has 2 fully saturated rings. The predicted molar refractivity (Wildman–Crippen MR) is 100 cm³/mol. The molecule has 1 aliphatic carbocycles. The first kappa shape index (κ1) is 20.2. The van der Waals surface area contributed by atoms with E-state index >= 15 is 0 Å². The number of anilines is 2. The molecule has 3 heterocycles. The van der Waals surface area contributed by atoms with Crippen LogP contribution in [0.15, 0.2) is 6.20 Å². The van der Waals surface area contributed by atoms with Crippen LogP contribution in [0.3, 0.4) is 0 Å². The molecule has 9 nitrogen and oxygen atoms in total. The van der Waals surface area contributed by atoms with Gasteiger partial charge < -0.3 is 10.1 Å². The molecule has 12 heteroatoms. The van der Waals surface area contributed by atoms with Crippen LogP contribution in [0.4, 0.5) is 20.5 Å². The summed E-state index contributed by atoms with van der Waals surface area (Å²) in [6.07, 6.45) is 2.52. The van der Waals surface area contributed by atoms with Crippen LogP contribution in [-0.4, -0.2) is 66.1 Å². The van der Waals surface area contributed by atoms with E-state index in [1.165, 1.54) is 10.6 Å². The Morgan fingerprint density at radius 1 is 1.21 bits per heavy atom. The van der Waals surface area contributed by atoms with E-state index < -0.39 is 22.0 Å². The second-order valence-corrected chi connectivity index (χ2v) is 9.68. The second kappa shape index (κ2) is 7.31. The molecule has 1 aromatic rings. The molecule has 1 amide bonds. The largest absolute Gasteiger partial charge is 0.483 e. The van der Waals surface area contributed by atoms with Crippen molar-refractivity contribution in [1.29, 1.82) is 0 Å². The highest BCUT2D eigenvalue weighted by Crippen LogP contribution is 2.41. The number of sulfonamides is 1. The van der Waals surface area contributed by atoms with Gasteiger partial charge in [-0.3, -0.25) is 9.69 Å². The summed E-state index contributed by atoms with van der Waals surface area (Å²) in [6, 6.07) is -0.399. The van der Waals surface area contributed by atoms with Crippen molar-refractivity contribution in [3.8, 4) is 5.75 Å². The number of fused-ring (bicyclic) bond motifs is 1. The molecular formula is C17H23F2N5O4S. The lowest BCUT2D eigenvalue weighted by Gasteiger charge is -2.36. The Labute approximate surface area is 167 Å². The van der Waals surface area contributed by atoms with Crippen molar-refractivity contribution >= 4 is 27.7 Å². The van der Waals surface area contributed by atoms with Crippen molar-refractivity contribution in [1.82, 2.24) is 14.3 Å². The third-order valence-electron chi connectivity index (χ3n) is 5.62. The fourth-order valence-electron chi connectivity index (χ4n) is 4.11. The van der Waals surface area contributed by atoms with Crippen molar-refractivity contribution in [2.45, 2.75) is 56.7 Å². The van der Waals surface area contributed by atoms with Gasteiger partial charge in [-0.2, -0.15) is 13.8 Å². The van der Waals surface area contributed by atoms with Crippen LogP contribution in [0.5, 0.6) is 5.75 Å². The molecule has 1 N–H and O–H groups in total. The smallest absolute Gasteiger partial charge is 0.420 e. The standard InChI is InChI=1S/C17H23F2N5O4S/c1-29(26,27)23-8-6-11(7-9-23)21-16-20-10-13-14(22-16)24(12-4-2-3-5-12)15(25)17(18,19)28-13/h10-12H,2-9H2,1H3,(H,20,21,22). The van der Waals surface area contributed by atoms with Gasteiger partial charge in [0.1, 0.15) is 0 Å². The summed E-state index contributed by atoms with van der Waals surface area (Å²) in [5.41, 5.74) is 0. The first-order valence-electron chi connectivity index (χ1n) is 9.64. The van der Waals surface area contributed by atoms with Crippen molar-refractivity contribution in [3.05, 3.63) is 6.20 Å². The van der Waals surface area contributed by atoms with Crippen molar-refractivity contribution in [2.24, 2.45) is 0 Å². The minimum atomic E-state index is -3.94. The number of rotatable bonds is 4. The molecule has 0 unspecified atom stereocenters. The highest BCUT2D eigenvalue weighted by atomic mass is 32.2. The number of aromatic nitrogens is 2. The van der Waals surface area contributed by atoms with E-state index in [0.29, 0.717) is 38.8 Å². The van der Waals surface area contributed by atoms with Crippen LogP contribution in [0.2, 0.25) is 0 Å². The number of carbonyl (C=O) groups excluding carboxylic acids is 1. The molecule has 1 saturated carbocycles. The number of ether oxygens (including phenoxy) is 1. The number of amides is 1. The Bertz CT molecular complexity index is 899. The summed E-state index contributed by atoms with van der Waals surface area (Å²) in [4.78, 5) is 21.8. The van der Waals surface area contributed by atoms with Gasteiger partial charge in [0.15, 0.2) is 11.6 Å². The van der Waals surface area contributed by atoms with Gasteiger partial charge in [-0.1, -0.05) is 12.8 Å². The van der Waals surface area contributed by atoms with Gasteiger partial charge in [-0.25, -0.2) is 17.7 Å². The van der Waals surface area contributed by atoms with Gasteiger partial charge in [0.25, 0.3) is 0 Å². The highest BCUT2D eigenvalue weighted by molar-refractivity contribution is 7.88. The van der Waals surface area contributed by atoms with E-state index in [2.05, 4.69) is 20.0 Å². The first-order valence-corrected chi connectivity index (χ1v) is 11.5. The van der Waals surface area contributed by atoms with Crippen LogP contribution >= 0.6 is 0 Å². The summed E-state index contributed by atoms with van der Waals surface area (Å²) < 4.78 is 57.3. The number of nitrogens with one attached hydrogen (secondary N) is 1. The van der Waals surface area contributed by atoms with Crippen molar-refractivity contribution in [2.75, 3.05) is 29.6 Å². The van der Waals surface area contributed by atoms with E-state index in [4.69, 9.17) is 0 Å². The monoisotopic (exact) mass is 431 g/mol. The predicted octanol–water partition coefficient (Wildman–Crippen LogP) is 1.57. The molecule has 4 rings (SSSR count). The Kier molecular flexibility index (Phi) is 5.09. The maximum atomic E-state index is 14.0. The van der Waals surface area contributed by atoms with Crippen LogP contribution in [0, 0.1) is 0 Å². The molecule has 0 radical (unpaired) electrons. The minimum Gasteiger partial charge on any atom is -0.420 e. The van der Waals surface area contributed by atoms with Gasteiger partial charge in [-0.15, -0.1) is 0 Å². The normalized spacial score (nSPS) is 23.7. The molecule has 29 heavy (non-hydrogen) atoms. The summed E-state index contributed by atoms with van der Waals surface area (Å²) in [7, 11) is -3.23. The van der Waals surface area contributed by atoms with E-state index in [0.717, 1.165) is 23.9 Å². The lowest BCUT2D eigenvalue weighted by molar-refractivity contribution is -0.193. The van der Waals surface area contributed by atoms with Gasteiger partial charge in [0, 0.05) is 25.2 Å². The maximum absolute atomic E-state index is 14.0. The molecule has 0 spiro atoms. The SMILES string of the molecule is CS(=O)(=O)N1CCC(Nc2ncc3c(n2)N(C2CCCC2)C(=O)C(F)(F)O3)CC1. The molecule has 2 aliphatic heterocycles. The zero-order valence-corrected chi connectivity index (χ0v) is 16.8. The summed E-state index contributed by atoms with van der Waals surface area (Å²) in [5.74, 6) is -1.37. The third-order valence-corrected chi connectivity index (χ3v) is 6.92. The highest BCUT2D eigenvalue weighted by Gasteiger charge is 2.53. The quantitative estimate of drug-likeness (QED) is 0.772. The second-order valence-electron chi connectivity index (χ2n) is 7.69. The average molecular weight is 431 g/mol. The van der Waals surface area contributed by atoms with Crippen molar-refractivity contribution < 1.29 is 26.7 Å². The lowest BCUT2D eigenvalue weighted by Crippen LogP contribution is -2.54. The fraction of sp³-hybridized carbons (Fsp3) is 0.706. The number of hydrogen-bond acceptors (Lipinski definition) is 7. The fourth-order valence-corrected chi connectivity index (χ4v) is 4.98. The Morgan fingerprint density at radius 3 is 2.48 bits per heavy atom. The van der Waals surface area contributed by atoms with Gasteiger partial charge >= 0.3 is 12.0 Å². The number of hydrogen-bond donors (Lipinski definition) is 1. The topological polar surface area (TPSA) is 105 Å². The number of halogens is 2. The Balaban J connectivity index is 1.54. The third kappa shape index (κ3) is 4.00. The number of alkyl halides is 2. The molecular weight excluding hydrogens is 408 g/mol. The van der Waals surface area contributed by atoms with E-state index in [1.54, 1.807) is 0 Å². The van der Waals surface area contributed by atoms with Crippen LogP contribution in [-0.2, 0) is 14.8 Å². The first-order chi connectivity index (χ1) is 13.6. The van der Waals surface area contributed by atoms with Gasteiger partial charge in [0.2, 0.25) is 16.0 Å². The van der Waals surface area contributed by atoms with E-state index in [9.17, 15) is 22.0 Å². The maximum Gasteiger partial charge on any atom is 0.483 e. The zero-order chi connectivity index (χ0) is 20.8. The summed E-state index contributed by atoms with van der Waals surface area (Å²) in [5, 5.41) is 3.12. The molecule has 0 atom stereocenters. The molecule has 0 aromatic carbocycles. The Hall–Kier alpha value is -2.08. The summed E-state index contributed by atoms with van der Waals surface area (Å²) in [6.45, 7) is 0.757. The molecule has 0 bridgehead atoms. The van der Waals surface area contributed by atoms with Crippen LogP contribution in [0.1, 0.15) is 38.5 Å². The van der Waals surface area contributed by atoms with Gasteiger partial charge in [0.05, 0.1) is 12.5 Å². The minimum absolute atomic E-state index is 0.0545. The Morgan fingerprint density at radius 2 is 1.86 bits per heavy atom. The van der Waals surface area contributed by atoms with Crippen molar-refractivity contribution in [3.63, 3.8) is 0 Å². The number of nitrogens with zero attached hydrogens (tertiary/aromatic N) is 4. The summed E-state index contributed by atoms with van der Waals surface area (Å²) >= 11 is 0. The van der Waals surface area contributed by atoms with Crippen LogP contribution < -0.4 is 15.0 Å². The number of piperidine rings is 1. The lowest BCUT2D eigenvalue weighted by atomic mass is 10.1. The molecule has 1 aromatic heterocycles. The zero-order valence-electron chi connectivity index (χ0n) is 16.0. The molecule has 1 saturated heterocycles. The van der Waals surface area contributed by atoms with Gasteiger partial charge in [-0.05, 0) is 25.7 Å². The van der Waals surface area contributed by atoms with E-state index in [-0.39, 0.29) is 29.6 Å². The molecule has 160 valence electrons. The number of carbonyl (C=O) groups is 1. The van der Waals surface area contributed by atoms with E-state index in [1.807, 2.05) is 0 Å². The van der Waals surface area contributed by atoms with Crippen LogP contribution in [0.25, 0.3) is 0 Å². The molecule has 3 aliphatic rings.